The number of amidine groups is 1. The van der Waals surface area contributed by atoms with Crippen LogP contribution < -0.4 is 4.74 Å². The number of carbonyl (C=O) groups excluding carboxylic acids is 1. The summed E-state index contributed by atoms with van der Waals surface area (Å²) in [4.78, 5) is 21.6. The van der Waals surface area contributed by atoms with Gasteiger partial charge in [0, 0.05) is 44.7 Å². The van der Waals surface area contributed by atoms with Gasteiger partial charge in [-0.3, -0.25) is 9.69 Å². The van der Waals surface area contributed by atoms with Gasteiger partial charge in [-0.2, -0.15) is 10.3 Å². The number of benzene rings is 1. The molecule has 0 radical (unpaired) electrons. The molecule has 1 saturated heterocycles. The van der Waals surface area contributed by atoms with E-state index in [1.807, 2.05) is 30.3 Å². The first-order valence-corrected chi connectivity index (χ1v) is 9.72. The molecule has 6 nitrogen and oxygen atoms in total. The van der Waals surface area contributed by atoms with E-state index in [4.69, 9.17) is 10.00 Å². The number of ether oxygens (including phenoxy) is 1. The number of hydrogen-bond donors (Lipinski definition) is 0. The van der Waals surface area contributed by atoms with Crippen LogP contribution in [0.1, 0.15) is 12.0 Å². The smallest absolute Gasteiger partial charge is 0.286 e. The van der Waals surface area contributed by atoms with E-state index in [-0.39, 0.29) is 5.91 Å². The third-order valence-electron chi connectivity index (χ3n) is 4.35. The monoisotopic (exact) mass is 382 g/mol. The maximum Gasteiger partial charge on any atom is 0.286 e. The van der Waals surface area contributed by atoms with Crippen molar-refractivity contribution in [3.8, 4) is 11.8 Å². The zero-order valence-corrected chi connectivity index (χ0v) is 16.0. The summed E-state index contributed by atoms with van der Waals surface area (Å²) < 4.78 is 5.66. The molecule has 1 aromatic rings. The third-order valence-corrected chi connectivity index (χ3v) is 5.40. The molecule has 1 fully saturated rings. The van der Waals surface area contributed by atoms with Gasteiger partial charge in [0.15, 0.2) is 5.17 Å². The number of amides is 1. The highest BCUT2D eigenvalue weighted by atomic mass is 32.2. The van der Waals surface area contributed by atoms with E-state index >= 15 is 0 Å². The minimum atomic E-state index is -0.208. The number of piperazine rings is 1. The van der Waals surface area contributed by atoms with E-state index in [0.717, 1.165) is 49.2 Å². The van der Waals surface area contributed by atoms with Crippen LogP contribution in [0.5, 0.6) is 5.75 Å². The van der Waals surface area contributed by atoms with Crippen LogP contribution >= 0.6 is 11.8 Å². The predicted octanol–water partition coefficient (Wildman–Crippen LogP) is 2.75. The van der Waals surface area contributed by atoms with Crippen molar-refractivity contribution in [2.24, 2.45) is 4.99 Å². The topological polar surface area (TPSA) is 68.9 Å². The summed E-state index contributed by atoms with van der Waals surface area (Å²) in [5.74, 6) is 0.512. The van der Waals surface area contributed by atoms with Gasteiger partial charge in [-0.05, 0) is 23.9 Å². The molecule has 0 bridgehead atoms. The summed E-state index contributed by atoms with van der Waals surface area (Å²) in [5, 5.41) is 9.46. The molecule has 0 atom stereocenters. The van der Waals surface area contributed by atoms with Gasteiger partial charge in [-0.1, -0.05) is 30.9 Å². The molecule has 0 spiro atoms. The van der Waals surface area contributed by atoms with Crippen LogP contribution in [0, 0.1) is 11.3 Å². The van der Waals surface area contributed by atoms with Gasteiger partial charge in [0.05, 0.1) is 11.0 Å². The lowest BCUT2D eigenvalue weighted by atomic mass is 10.2. The number of thioether (sulfide) groups is 1. The molecule has 1 aromatic carbocycles. The second-order valence-corrected chi connectivity index (χ2v) is 7.19. The fraction of sp³-hybridized carbons (Fsp3) is 0.350. The van der Waals surface area contributed by atoms with Crippen LogP contribution in [0.15, 0.2) is 46.8 Å². The number of para-hydroxylation sites is 1. The molecule has 7 heteroatoms. The van der Waals surface area contributed by atoms with Crippen molar-refractivity contribution >= 4 is 28.9 Å². The standard InChI is InChI=1S/C20H22N4O2S/c1-2-14-26-17-7-4-3-6-16(17)15-18-19(25)22-20(27-18)24-12-10-23(11-13-24)9-5-8-21/h2-4,6-7,15H,1,5,9-14H2/b18-15-. The van der Waals surface area contributed by atoms with Crippen LogP contribution in [-0.4, -0.2) is 60.2 Å². The Labute approximate surface area is 163 Å². The largest absolute Gasteiger partial charge is 0.489 e. The normalized spacial score (nSPS) is 19.1. The molecule has 2 aliphatic rings. The Morgan fingerprint density at radius 1 is 1.30 bits per heavy atom. The number of nitriles is 1. The molecular weight excluding hydrogens is 360 g/mol. The van der Waals surface area contributed by atoms with E-state index < -0.39 is 0 Å². The SMILES string of the molecule is C=CCOc1ccccc1/C=C1\SC(N2CCN(CCC#N)CC2)=NC1=O. The summed E-state index contributed by atoms with van der Waals surface area (Å²) in [6, 6.07) is 9.80. The number of hydrogen-bond acceptors (Lipinski definition) is 6. The molecule has 1 amide bonds. The van der Waals surface area contributed by atoms with Crippen molar-refractivity contribution in [3.05, 3.63) is 47.4 Å². The van der Waals surface area contributed by atoms with Crippen molar-refractivity contribution in [1.29, 1.82) is 5.26 Å². The van der Waals surface area contributed by atoms with E-state index in [0.29, 0.717) is 17.9 Å². The zero-order chi connectivity index (χ0) is 19.1. The Hall–Kier alpha value is -2.56. The van der Waals surface area contributed by atoms with E-state index in [1.165, 1.54) is 11.8 Å². The summed E-state index contributed by atoms with van der Waals surface area (Å²) in [6.45, 7) is 8.28. The first-order chi connectivity index (χ1) is 13.2. The lowest BCUT2D eigenvalue weighted by Crippen LogP contribution is -2.47. The summed E-state index contributed by atoms with van der Waals surface area (Å²) in [6.07, 6.45) is 4.08. The Kier molecular flexibility index (Phi) is 6.69. The molecule has 27 heavy (non-hydrogen) atoms. The van der Waals surface area contributed by atoms with Gasteiger partial charge in [0.25, 0.3) is 5.91 Å². The maximum atomic E-state index is 12.4. The lowest BCUT2D eigenvalue weighted by Gasteiger charge is -2.34. The van der Waals surface area contributed by atoms with E-state index in [1.54, 1.807) is 6.08 Å². The summed E-state index contributed by atoms with van der Waals surface area (Å²) in [5.41, 5.74) is 0.855. The van der Waals surface area contributed by atoms with Crippen molar-refractivity contribution < 1.29 is 9.53 Å². The predicted molar refractivity (Wildman–Crippen MR) is 108 cm³/mol. The quantitative estimate of drug-likeness (QED) is 0.557. The highest BCUT2D eigenvalue weighted by Crippen LogP contribution is 2.32. The van der Waals surface area contributed by atoms with Crippen molar-refractivity contribution in [1.82, 2.24) is 9.80 Å². The molecule has 0 aromatic heterocycles. The Morgan fingerprint density at radius 2 is 2.07 bits per heavy atom. The van der Waals surface area contributed by atoms with E-state index in [9.17, 15) is 4.79 Å². The van der Waals surface area contributed by atoms with E-state index in [2.05, 4.69) is 27.4 Å². The highest BCUT2D eigenvalue weighted by molar-refractivity contribution is 8.18. The number of carbonyl (C=O) groups is 1. The third kappa shape index (κ3) is 5.00. The fourth-order valence-corrected chi connectivity index (χ4v) is 3.88. The second-order valence-electron chi connectivity index (χ2n) is 6.18. The first-order valence-electron chi connectivity index (χ1n) is 8.91. The molecular formula is C20H22N4O2S. The van der Waals surface area contributed by atoms with Crippen molar-refractivity contribution in [2.45, 2.75) is 6.42 Å². The molecule has 2 heterocycles. The van der Waals surface area contributed by atoms with Gasteiger partial charge in [-0.25, -0.2) is 0 Å². The van der Waals surface area contributed by atoms with Crippen LogP contribution in [-0.2, 0) is 4.79 Å². The minimum absolute atomic E-state index is 0.208. The Bertz CT molecular complexity index is 804. The van der Waals surface area contributed by atoms with Crippen molar-refractivity contribution in [2.75, 3.05) is 39.3 Å². The molecule has 3 rings (SSSR count). The summed E-state index contributed by atoms with van der Waals surface area (Å²) >= 11 is 1.41. The van der Waals surface area contributed by atoms with Crippen LogP contribution in [0.4, 0.5) is 0 Å². The average Bonchev–Trinajstić information content (AvgIpc) is 3.06. The molecule has 0 unspecified atom stereocenters. The highest BCUT2D eigenvalue weighted by Gasteiger charge is 2.28. The van der Waals surface area contributed by atoms with Crippen LogP contribution in [0.3, 0.4) is 0 Å². The molecule has 0 N–H and O–H groups in total. The molecule has 0 saturated carbocycles. The van der Waals surface area contributed by atoms with Crippen LogP contribution in [0.25, 0.3) is 6.08 Å². The maximum absolute atomic E-state index is 12.4. The molecule has 2 aliphatic heterocycles. The van der Waals surface area contributed by atoms with Crippen LogP contribution in [0.2, 0.25) is 0 Å². The first kappa shape index (κ1) is 19.2. The molecule has 0 aliphatic carbocycles. The number of aliphatic imine (C=N–C) groups is 1. The fourth-order valence-electron chi connectivity index (χ4n) is 2.93. The number of nitrogens with zero attached hydrogens (tertiary/aromatic N) is 4. The molecule has 140 valence electrons. The van der Waals surface area contributed by atoms with Gasteiger partial charge in [0.1, 0.15) is 12.4 Å². The lowest BCUT2D eigenvalue weighted by molar-refractivity contribution is -0.113. The second kappa shape index (κ2) is 9.40. The average molecular weight is 382 g/mol. The van der Waals surface area contributed by atoms with Gasteiger partial charge in [-0.15, -0.1) is 0 Å². The van der Waals surface area contributed by atoms with Gasteiger partial charge in [0.2, 0.25) is 0 Å². The number of rotatable bonds is 6. The summed E-state index contributed by atoms with van der Waals surface area (Å²) in [7, 11) is 0. The van der Waals surface area contributed by atoms with Gasteiger partial charge < -0.3 is 9.64 Å². The Morgan fingerprint density at radius 3 is 2.81 bits per heavy atom. The van der Waals surface area contributed by atoms with Gasteiger partial charge >= 0.3 is 0 Å². The van der Waals surface area contributed by atoms with Crippen molar-refractivity contribution in [3.63, 3.8) is 0 Å². The zero-order valence-electron chi connectivity index (χ0n) is 15.1. The Balaban J connectivity index is 1.64. The minimum Gasteiger partial charge on any atom is -0.489 e.